The second-order valence-corrected chi connectivity index (χ2v) is 8.26. The number of rotatable bonds is 15. The van der Waals surface area contributed by atoms with E-state index >= 15 is 0 Å². The number of hydrogen-bond donors (Lipinski definition) is 0. The number of carbonyl (C=O) groups excluding carboxylic acids is 1. The van der Waals surface area contributed by atoms with E-state index in [1.54, 1.807) is 11.8 Å². The monoisotopic (exact) mass is 399 g/mol. The van der Waals surface area contributed by atoms with Gasteiger partial charge in [0.2, 0.25) is 0 Å². The zero-order valence-electron chi connectivity index (χ0n) is 18.8. The number of hydrogen-bond acceptors (Lipinski definition) is 3. The molecule has 5 heteroatoms. The van der Waals surface area contributed by atoms with Crippen LogP contribution >= 0.6 is 11.8 Å². The van der Waals surface area contributed by atoms with Crippen molar-refractivity contribution in [2.24, 2.45) is 4.99 Å². The predicted octanol–water partition coefficient (Wildman–Crippen LogP) is 6.80. The number of unbranched alkanes of at least 4 members (excludes halogenated alkanes) is 8. The third-order valence-corrected chi connectivity index (χ3v) is 5.66. The van der Waals surface area contributed by atoms with E-state index in [-0.39, 0.29) is 6.03 Å². The minimum absolute atomic E-state index is 0.126. The molecular formula is C22H45N3OS. The Morgan fingerprint density at radius 3 is 1.85 bits per heavy atom. The van der Waals surface area contributed by atoms with E-state index in [4.69, 9.17) is 4.99 Å². The molecule has 0 fully saturated rings. The number of amidine groups is 1. The lowest BCUT2D eigenvalue weighted by atomic mass is 10.1. The molecule has 0 atom stereocenters. The highest BCUT2D eigenvalue weighted by Gasteiger charge is 2.23. The Morgan fingerprint density at radius 1 is 0.778 bits per heavy atom. The van der Waals surface area contributed by atoms with Gasteiger partial charge in [0.25, 0.3) is 0 Å². The van der Waals surface area contributed by atoms with Gasteiger partial charge >= 0.3 is 6.03 Å². The van der Waals surface area contributed by atoms with Crippen molar-refractivity contribution in [1.29, 1.82) is 0 Å². The van der Waals surface area contributed by atoms with Crippen LogP contribution in [0.4, 0.5) is 4.79 Å². The van der Waals surface area contributed by atoms with E-state index in [2.05, 4.69) is 34.6 Å². The summed E-state index contributed by atoms with van der Waals surface area (Å²) < 4.78 is 0. The fourth-order valence-electron chi connectivity index (χ4n) is 3.04. The Bertz CT molecular complexity index is 384. The number of urea groups is 1. The number of aliphatic imine (C=N–C) groups is 1. The van der Waals surface area contributed by atoms with Gasteiger partial charge in [0.15, 0.2) is 5.17 Å². The van der Waals surface area contributed by atoms with Crippen LogP contribution in [0.1, 0.15) is 98.8 Å². The first kappa shape index (κ1) is 26.3. The Balaban J connectivity index is 4.95. The summed E-state index contributed by atoms with van der Waals surface area (Å²) in [6.07, 6.45) is 12.3. The number of thioether (sulfide) groups is 1. The number of nitrogens with zero attached hydrogens (tertiary/aromatic N) is 3. The van der Waals surface area contributed by atoms with Crippen molar-refractivity contribution >= 4 is 23.0 Å². The second-order valence-electron chi connectivity index (χ2n) is 7.03. The van der Waals surface area contributed by atoms with Crippen LogP contribution in [0.2, 0.25) is 0 Å². The molecule has 0 heterocycles. The Labute approximate surface area is 173 Å². The number of amides is 2. The second kappa shape index (κ2) is 18.6. The van der Waals surface area contributed by atoms with Gasteiger partial charge in [0.1, 0.15) is 0 Å². The molecule has 2 amide bonds. The largest absolute Gasteiger partial charge is 0.326 e. The normalized spacial score (nSPS) is 11.7. The van der Waals surface area contributed by atoms with E-state index in [1.807, 2.05) is 9.80 Å². The smallest absolute Gasteiger partial charge is 0.325 e. The van der Waals surface area contributed by atoms with Gasteiger partial charge in [0.05, 0.1) is 0 Å². The topological polar surface area (TPSA) is 35.9 Å². The maximum Gasteiger partial charge on any atom is 0.326 e. The lowest BCUT2D eigenvalue weighted by molar-refractivity contribution is 0.180. The van der Waals surface area contributed by atoms with Crippen LogP contribution in [-0.4, -0.2) is 52.9 Å². The average Bonchev–Trinajstić information content (AvgIpc) is 2.67. The van der Waals surface area contributed by atoms with Crippen LogP contribution in [0.25, 0.3) is 0 Å². The van der Waals surface area contributed by atoms with Gasteiger partial charge in [-0.3, -0.25) is 9.89 Å². The summed E-state index contributed by atoms with van der Waals surface area (Å²) in [5.41, 5.74) is 0. The summed E-state index contributed by atoms with van der Waals surface area (Å²) >= 11 is 1.72. The van der Waals surface area contributed by atoms with Crippen molar-refractivity contribution in [3.63, 3.8) is 0 Å². The maximum atomic E-state index is 13.1. The van der Waals surface area contributed by atoms with E-state index in [1.165, 1.54) is 51.4 Å². The summed E-state index contributed by atoms with van der Waals surface area (Å²) in [7, 11) is 0. The SMILES string of the molecule is CCCCCCCN=C(SCC)N(CCCCCCC)C(=O)N(CC)CC. The molecule has 0 saturated heterocycles. The van der Waals surface area contributed by atoms with Crippen molar-refractivity contribution in [3.05, 3.63) is 0 Å². The molecule has 0 bridgehead atoms. The highest BCUT2D eigenvalue weighted by molar-refractivity contribution is 8.13. The molecule has 0 N–H and O–H groups in total. The molecule has 0 aliphatic heterocycles. The molecule has 0 spiro atoms. The van der Waals surface area contributed by atoms with Gasteiger partial charge in [-0.2, -0.15) is 0 Å². The molecule has 0 rings (SSSR count). The van der Waals surface area contributed by atoms with Crippen molar-refractivity contribution < 1.29 is 4.79 Å². The van der Waals surface area contributed by atoms with Crippen LogP contribution in [0.5, 0.6) is 0 Å². The summed E-state index contributed by atoms with van der Waals surface area (Å²) in [6, 6.07) is 0.126. The molecule has 4 nitrogen and oxygen atoms in total. The lowest BCUT2D eigenvalue weighted by Gasteiger charge is -2.30. The molecule has 0 saturated carbocycles. The highest BCUT2D eigenvalue weighted by atomic mass is 32.2. The molecule has 0 aromatic rings. The summed E-state index contributed by atoms with van der Waals surface area (Å²) in [4.78, 5) is 21.8. The fourth-order valence-corrected chi connectivity index (χ4v) is 3.81. The minimum atomic E-state index is 0.126. The van der Waals surface area contributed by atoms with Gasteiger partial charge in [-0.25, -0.2) is 4.79 Å². The van der Waals surface area contributed by atoms with Crippen LogP contribution in [-0.2, 0) is 0 Å². The van der Waals surface area contributed by atoms with Crippen molar-refractivity contribution in [2.45, 2.75) is 98.8 Å². The van der Waals surface area contributed by atoms with E-state index < -0.39 is 0 Å². The van der Waals surface area contributed by atoms with Gasteiger partial charge in [0, 0.05) is 26.2 Å². The van der Waals surface area contributed by atoms with Gasteiger partial charge < -0.3 is 4.90 Å². The molecule has 0 aliphatic carbocycles. The van der Waals surface area contributed by atoms with Crippen LogP contribution < -0.4 is 0 Å². The molecule has 0 aliphatic rings. The Morgan fingerprint density at radius 2 is 1.33 bits per heavy atom. The molecule has 0 radical (unpaired) electrons. The molecule has 27 heavy (non-hydrogen) atoms. The first-order chi connectivity index (χ1) is 13.2. The molecular weight excluding hydrogens is 354 g/mol. The third-order valence-electron chi connectivity index (χ3n) is 4.76. The summed E-state index contributed by atoms with van der Waals surface area (Å²) in [6.45, 7) is 13.9. The standard InChI is InChI=1S/C22H45N3OS/c1-6-11-13-15-17-19-23-21(27-10-5)25(20-18-16-14-12-7-2)22(26)24(8-3)9-4/h6-20H2,1-5H3. The van der Waals surface area contributed by atoms with E-state index in [9.17, 15) is 4.79 Å². The highest BCUT2D eigenvalue weighted by Crippen LogP contribution is 2.15. The fraction of sp³-hybridized carbons (Fsp3) is 0.909. The zero-order chi connectivity index (χ0) is 20.3. The quantitative estimate of drug-likeness (QED) is 0.172. The predicted molar refractivity (Wildman–Crippen MR) is 123 cm³/mol. The van der Waals surface area contributed by atoms with Gasteiger partial charge in [-0.1, -0.05) is 83.9 Å². The first-order valence-corrected chi connectivity index (χ1v) is 12.4. The lowest BCUT2D eigenvalue weighted by Crippen LogP contribution is -2.46. The van der Waals surface area contributed by atoms with Crippen molar-refractivity contribution in [1.82, 2.24) is 9.80 Å². The van der Waals surface area contributed by atoms with Crippen molar-refractivity contribution in [2.75, 3.05) is 31.9 Å². The molecule has 0 aromatic carbocycles. The summed E-state index contributed by atoms with van der Waals surface area (Å²) in [5.74, 6) is 0.951. The first-order valence-electron chi connectivity index (χ1n) is 11.4. The van der Waals surface area contributed by atoms with E-state index in [0.717, 1.165) is 49.9 Å². The molecule has 0 unspecified atom stereocenters. The molecule has 160 valence electrons. The van der Waals surface area contributed by atoms with Crippen LogP contribution in [0.3, 0.4) is 0 Å². The van der Waals surface area contributed by atoms with Crippen LogP contribution in [0.15, 0.2) is 4.99 Å². The van der Waals surface area contributed by atoms with Gasteiger partial charge in [-0.05, 0) is 32.4 Å². The maximum absolute atomic E-state index is 13.1. The summed E-state index contributed by atoms with van der Waals surface area (Å²) in [5, 5.41) is 0.931. The third kappa shape index (κ3) is 12.4. The molecule has 0 aromatic heterocycles. The van der Waals surface area contributed by atoms with Crippen molar-refractivity contribution in [3.8, 4) is 0 Å². The Kier molecular flexibility index (Phi) is 18.2. The number of carbonyl (C=O) groups is 1. The Hall–Kier alpha value is -0.710. The minimum Gasteiger partial charge on any atom is -0.325 e. The van der Waals surface area contributed by atoms with Gasteiger partial charge in [-0.15, -0.1) is 0 Å². The van der Waals surface area contributed by atoms with E-state index in [0.29, 0.717) is 0 Å². The van der Waals surface area contributed by atoms with Crippen LogP contribution in [0, 0.1) is 0 Å². The zero-order valence-corrected chi connectivity index (χ0v) is 19.6. The average molecular weight is 400 g/mol.